The number of carbonyl (C=O) groups is 1. The second kappa shape index (κ2) is 9.07. The minimum atomic E-state index is -0.175. The summed E-state index contributed by atoms with van der Waals surface area (Å²) in [7, 11) is 1.61. The summed E-state index contributed by atoms with van der Waals surface area (Å²) in [5, 5.41) is 4.13. The lowest BCUT2D eigenvalue weighted by atomic mass is 9.97. The molecule has 0 bridgehead atoms. The van der Waals surface area contributed by atoms with Crippen molar-refractivity contribution in [1.29, 1.82) is 0 Å². The monoisotopic (exact) mass is 443 g/mol. The van der Waals surface area contributed by atoms with Gasteiger partial charge in [0.25, 0.3) is 0 Å². The Labute approximate surface area is 172 Å². The molecule has 1 atom stereocenters. The molecule has 0 radical (unpaired) electrons. The molecular weight excluding hydrogens is 426 g/mol. The number of rotatable bonds is 7. The number of halogens is 2. The van der Waals surface area contributed by atoms with Crippen LogP contribution in [0.2, 0.25) is 5.02 Å². The summed E-state index contributed by atoms with van der Waals surface area (Å²) in [6, 6.07) is 22.4. The van der Waals surface area contributed by atoms with Crippen molar-refractivity contribution in [2.45, 2.75) is 12.5 Å². The van der Waals surface area contributed by atoms with E-state index in [0.717, 1.165) is 21.5 Å². The summed E-state index contributed by atoms with van der Waals surface area (Å²) in [5.74, 6) is 0.785. The topological polar surface area (TPSA) is 38.3 Å². The molecule has 3 aromatic rings. The Morgan fingerprint density at radius 3 is 2.41 bits per heavy atom. The molecule has 3 rings (SSSR count). The maximum Gasteiger partial charge on any atom is 0.165 e. The molecule has 5 heteroatoms. The van der Waals surface area contributed by atoms with Gasteiger partial charge in [-0.05, 0) is 60.2 Å². The van der Waals surface area contributed by atoms with E-state index in [1.807, 2.05) is 48.5 Å². The molecule has 0 aromatic heterocycles. The van der Waals surface area contributed by atoms with E-state index in [1.165, 1.54) is 0 Å². The first kappa shape index (κ1) is 19.5. The molecule has 3 aromatic carbocycles. The van der Waals surface area contributed by atoms with Crippen LogP contribution in [0.3, 0.4) is 0 Å². The zero-order chi connectivity index (χ0) is 19.2. The standard InChI is InChI=1S/C22H19BrClNO2/c1-27-20-11-7-16(8-12-20)22(26)14-21(15-5-9-18(24)10-6-15)25-19-4-2-3-17(23)13-19/h2-13,21,25H,14H2,1H3/t21-/m1/s1. The Kier molecular flexibility index (Phi) is 6.54. The fourth-order valence-electron chi connectivity index (χ4n) is 2.81. The van der Waals surface area contributed by atoms with Crippen LogP contribution < -0.4 is 10.1 Å². The van der Waals surface area contributed by atoms with Gasteiger partial charge in [-0.15, -0.1) is 0 Å². The highest BCUT2D eigenvalue weighted by Crippen LogP contribution is 2.27. The van der Waals surface area contributed by atoms with E-state index in [4.69, 9.17) is 16.3 Å². The van der Waals surface area contributed by atoms with Gasteiger partial charge in [-0.2, -0.15) is 0 Å². The minimum Gasteiger partial charge on any atom is -0.497 e. The van der Waals surface area contributed by atoms with Crippen molar-refractivity contribution in [2.24, 2.45) is 0 Å². The lowest BCUT2D eigenvalue weighted by Gasteiger charge is -2.20. The fraction of sp³-hybridized carbons (Fsp3) is 0.136. The predicted molar refractivity (Wildman–Crippen MR) is 114 cm³/mol. The number of nitrogens with one attached hydrogen (secondary N) is 1. The molecule has 0 aliphatic rings. The number of anilines is 1. The highest BCUT2D eigenvalue weighted by atomic mass is 79.9. The molecule has 0 aliphatic carbocycles. The molecule has 0 unspecified atom stereocenters. The third-order valence-electron chi connectivity index (χ3n) is 4.24. The highest BCUT2D eigenvalue weighted by molar-refractivity contribution is 9.10. The van der Waals surface area contributed by atoms with Crippen LogP contribution in [0, 0.1) is 0 Å². The van der Waals surface area contributed by atoms with Crippen molar-refractivity contribution in [3.8, 4) is 5.75 Å². The Morgan fingerprint density at radius 2 is 1.78 bits per heavy atom. The van der Waals surface area contributed by atoms with Gasteiger partial charge in [0, 0.05) is 27.2 Å². The molecule has 0 spiro atoms. The van der Waals surface area contributed by atoms with Crippen LogP contribution in [0.5, 0.6) is 5.75 Å². The number of ether oxygens (including phenoxy) is 1. The Balaban J connectivity index is 1.84. The first-order valence-electron chi connectivity index (χ1n) is 8.50. The largest absolute Gasteiger partial charge is 0.497 e. The van der Waals surface area contributed by atoms with Crippen molar-refractivity contribution in [3.63, 3.8) is 0 Å². The summed E-state index contributed by atoms with van der Waals surface area (Å²) in [6.45, 7) is 0. The Morgan fingerprint density at radius 1 is 1.07 bits per heavy atom. The van der Waals surface area contributed by atoms with Crippen LogP contribution in [-0.4, -0.2) is 12.9 Å². The van der Waals surface area contributed by atoms with Crippen LogP contribution in [0.25, 0.3) is 0 Å². The van der Waals surface area contributed by atoms with Crippen LogP contribution in [0.1, 0.15) is 28.4 Å². The van der Waals surface area contributed by atoms with Crippen LogP contribution in [0.15, 0.2) is 77.3 Å². The third kappa shape index (κ3) is 5.34. The van der Waals surface area contributed by atoms with Gasteiger partial charge >= 0.3 is 0 Å². The van der Waals surface area contributed by atoms with Gasteiger partial charge in [-0.25, -0.2) is 0 Å². The normalized spacial score (nSPS) is 11.7. The van der Waals surface area contributed by atoms with E-state index >= 15 is 0 Å². The molecule has 0 amide bonds. The molecule has 27 heavy (non-hydrogen) atoms. The zero-order valence-corrected chi connectivity index (χ0v) is 17.1. The molecule has 3 nitrogen and oxygen atoms in total. The van der Waals surface area contributed by atoms with Crippen LogP contribution in [0.4, 0.5) is 5.69 Å². The van der Waals surface area contributed by atoms with E-state index in [2.05, 4.69) is 21.2 Å². The van der Waals surface area contributed by atoms with Crippen LogP contribution in [-0.2, 0) is 0 Å². The van der Waals surface area contributed by atoms with Gasteiger partial charge in [-0.1, -0.05) is 45.7 Å². The van der Waals surface area contributed by atoms with E-state index in [9.17, 15) is 4.79 Å². The van der Waals surface area contributed by atoms with Gasteiger partial charge in [0.15, 0.2) is 5.78 Å². The molecule has 0 fully saturated rings. The van der Waals surface area contributed by atoms with Crippen molar-refractivity contribution in [1.82, 2.24) is 0 Å². The molecule has 0 heterocycles. The number of carbonyl (C=O) groups excluding carboxylic acids is 1. The quantitative estimate of drug-likeness (QED) is 0.421. The van der Waals surface area contributed by atoms with Crippen molar-refractivity contribution in [3.05, 3.63) is 93.4 Å². The van der Waals surface area contributed by atoms with Gasteiger partial charge < -0.3 is 10.1 Å². The second-order valence-corrected chi connectivity index (χ2v) is 7.47. The maximum atomic E-state index is 12.8. The van der Waals surface area contributed by atoms with Gasteiger partial charge in [0.05, 0.1) is 13.2 Å². The molecule has 0 saturated heterocycles. The lowest BCUT2D eigenvalue weighted by Crippen LogP contribution is -2.16. The Hall–Kier alpha value is -2.30. The van der Waals surface area contributed by atoms with Gasteiger partial charge in [0.1, 0.15) is 5.75 Å². The SMILES string of the molecule is COc1ccc(C(=O)C[C@@H](Nc2cccc(Br)c2)c2ccc(Cl)cc2)cc1. The third-order valence-corrected chi connectivity index (χ3v) is 4.98. The number of benzene rings is 3. The smallest absolute Gasteiger partial charge is 0.165 e. The minimum absolute atomic E-state index is 0.0556. The molecular formula is C22H19BrClNO2. The van der Waals surface area contributed by atoms with E-state index in [0.29, 0.717) is 17.0 Å². The van der Waals surface area contributed by atoms with E-state index in [-0.39, 0.29) is 11.8 Å². The van der Waals surface area contributed by atoms with E-state index in [1.54, 1.807) is 31.4 Å². The van der Waals surface area contributed by atoms with Crippen molar-refractivity contribution in [2.75, 3.05) is 12.4 Å². The number of methoxy groups -OCH3 is 1. The first-order chi connectivity index (χ1) is 13.0. The summed E-state index contributed by atoms with van der Waals surface area (Å²) in [4.78, 5) is 12.8. The van der Waals surface area contributed by atoms with Crippen LogP contribution >= 0.6 is 27.5 Å². The van der Waals surface area contributed by atoms with Crippen molar-refractivity contribution < 1.29 is 9.53 Å². The summed E-state index contributed by atoms with van der Waals surface area (Å²) in [6.07, 6.45) is 0.320. The molecule has 138 valence electrons. The molecule has 0 aliphatic heterocycles. The molecule has 0 saturated carbocycles. The number of Topliss-reactive ketones (excluding diaryl/α,β-unsaturated/α-hetero) is 1. The molecule has 1 N–H and O–H groups in total. The van der Waals surface area contributed by atoms with Gasteiger partial charge in [0.2, 0.25) is 0 Å². The number of hydrogen-bond acceptors (Lipinski definition) is 3. The second-order valence-electron chi connectivity index (χ2n) is 6.11. The summed E-state index contributed by atoms with van der Waals surface area (Å²) in [5.41, 5.74) is 2.60. The summed E-state index contributed by atoms with van der Waals surface area (Å²) >= 11 is 9.50. The first-order valence-corrected chi connectivity index (χ1v) is 9.67. The van der Waals surface area contributed by atoms with Gasteiger partial charge in [-0.3, -0.25) is 4.79 Å². The zero-order valence-electron chi connectivity index (χ0n) is 14.8. The lowest BCUT2D eigenvalue weighted by molar-refractivity contribution is 0.0976. The fourth-order valence-corrected chi connectivity index (χ4v) is 3.33. The number of ketones is 1. The highest BCUT2D eigenvalue weighted by Gasteiger charge is 2.18. The average Bonchev–Trinajstić information content (AvgIpc) is 2.68. The van der Waals surface area contributed by atoms with Crippen molar-refractivity contribution >= 4 is 39.0 Å². The number of hydrogen-bond donors (Lipinski definition) is 1. The average molecular weight is 445 g/mol. The van der Waals surface area contributed by atoms with E-state index < -0.39 is 0 Å². The Bertz CT molecular complexity index is 910. The summed E-state index contributed by atoms with van der Waals surface area (Å²) < 4.78 is 6.14. The maximum absolute atomic E-state index is 12.8. The predicted octanol–water partition coefficient (Wildman–Crippen LogP) is 6.54.